The van der Waals surface area contributed by atoms with Gasteiger partial charge in [-0.15, -0.1) is 0 Å². The van der Waals surface area contributed by atoms with E-state index < -0.39 is 0 Å². The third-order valence-electron chi connectivity index (χ3n) is 6.71. The molecule has 4 rings (SSSR count). The van der Waals surface area contributed by atoms with Crippen molar-refractivity contribution >= 4 is 11.6 Å². The highest BCUT2D eigenvalue weighted by atomic mass is 35.5. The Morgan fingerprint density at radius 2 is 1.75 bits per heavy atom. The number of benzene rings is 2. The van der Waals surface area contributed by atoms with Crippen LogP contribution in [0.3, 0.4) is 0 Å². The second-order valence-corrected chi connectivity index (χ2v) is 8.78. The number of ether oxygens (including phenoxy) is 2. The molecule has 1 aliphatic carbocycles. The first-order chi connectivity index (χ1) is 13.6. The Kier molecular flexibility index (Phi) is 5.84. The van der Waals surface area contributed by atoms with E-state index in [2.05, 4.69) is 36.2 Å². The van der Waals surface area contributed by atoms with Crippen molar-refractivity contribution in [2.45, 2.75) is 50.6 Å². The Morgan fingerprint density at radius 1 is 1.04 bits per heavy atom. The van der Waals surface area contributed by atoms with E-state index in [1.165, 1.54) is 42.4 Å². The zero-order chi connectivity index (χ0) is 19.7. The van der Waals surface area contributed by atoms with Crippen molar-refractivity contribution < 1.29 is 9.47 Å². The van der Waals surface area contributed by atoms with E-state index in [0.29, 0.717) is 12.0 Å². The van der Waals surface area contributed by atoms with E-state index in [0.717, 1.165) is 35.4 Å². The van der Waals surface area contributed by atoms with Gasteiger partial charge in [0, 0.05) is 23.5 Å². The van der Waals surface area contributed by atoms with Crippen molar-refractivity contribution in [3.05, 3.63) is 58.1 Å². The Labute approximate surface area is 173 Å². The smallest absolute Gasteiger partial charge is 0.161 e. The lowest BCUT2D eigenvalue weighted by Gasteiger charge is -2.46. The molecule has 28 heavy (non-hydrogen) atoms. The van der Waals surface area contributed by atoms with Crippen molar-refractivity contribution in [1.82, 2.24) is 4.90 Å². The average molecular weight is 400 g/mol. The summed E-state index contributed by atoms with van der Waals surface area (Å²) in [5.74, 6) is 3.04. The number of aryl methyl sites for hydroxylation is 1. The first kappa shape index (κ1) is 19.6. The molecule has 4 heteroatoms. The largest absolute Gasteiger partial charge is 0.493 e. The molecule has 0 aromatic heterocycles. The molecule has 1 aliphatic heterocycles. The van der Waals surface area contributed by atoms with Crippen molar-refractivity contribution in [3.63, 3.8) is 0 Å². The predicted molar refractivity (Wildman–Crippen MR) is 115 cm³/mol. The molecule has 0 spiro atoms. The minimum absolute atomic E-state index is 0.581. The van der Waals surface area contributed by atoms with Gasteiger partial charge in [0.1, 0.15) is 0 Å². The fourth-order valence-electron chi connectivity index (χ4n) is 5.19. The number of hydrogen-bond donors (Lipinski definition) is 0. The summed E-state index contributed by atoms with van der Waals surface area (Å²) >= 11 is 6.02. The molecule has 0 N–H and O–H groups in total. The molecule has 1 fully saturated rings. The van der Waals surface area contributed by atoms with Gasteiger partial charge in [-0.2, -0.15) is 0 Å². The number of fused-ring (bicyclic) bond motifs is 3. The van der Waals surface area contributed by atoms with E-state index in [-0.39, 0.29) is 0 Å². The lowest BCUT2D eigenvalue weighted by Crippen LogP contribution is -2.44. The quantitative estimate of drug-likeness (QED) is 0.644. The van der Waals surface area contributed by atoms with Crippen LogP contribution in [0.5, 0.6) is 11.5 Å². The highest BCUT2D eigenvalue weighted by molar-refractivity contribution is 6.30. The molecule has 0 amide bonds. The number of nitrogens with zero attached hydrogens (tertiary/aromatic N) is 1. The van der Waals surface area contributed by atoms with Gasteiger partial charge in [-0.3, -0.25) is 4.90 Å². The summed E-state index contributed by atoms with van der Waals surface area (Å²) in [6, 6.07) is 13.4. The van der Waals surface area contributed by atoms with E-state index >= 15 is 0 Å². The van der Waals surface area contributed by atoms with Crippen LogP contribution < -0.4 is 9.47 Å². The molecular formula is C24H30ClNO2. The normalized spacial score (nSPS) is 24.4. The highest BCUT2D eigenvalue weighted by Gasteiger charge is 2.38. The Balaban J connectivity index is 1.52. The van der Waals surface area contributed by atoms with Crippen LogP contribution in [0.2, 0.25) is 5.02 Å². The SMILES string of the molecule is COc1cc2c(cc1OC)C1CC(CCc3ccc(Cl)cc3)CCC1N(C)C2. The second kappa shape index (κ2) is 8.34. The molecule has 0 bridgehead atoms. The molecule has 150 valence electrons. The van der Waals surface area contributed by atoms with Gasteiger partial charge in [0.2, 0.25) is 0 Å². The molecule has 2 aromatic carbocycles. The second-order valence-electron chi connectivity index (χ2n) is 8.34. The molecule has 1 heterocycles. The van der Waals surface area contributed by atoms with Gasteiger partial charge in [0.25, 0.3) is 0 Å². The van der Waals surface area contributed by atoms with Gasteiger partial charge in [0.15, 0.2) is 11.5 Å². The van der Waals surface area contributed by atoms with Gasteiger partial charge in [-0.1, -0.05) is 23.7 Å². The van der Waals surface area contributed by atoms with Gasteiger partial charge < -0.3 is 9.47 Å². The maximum Gasteiger partial charge on any atom is 0.161 e. The van der Waals surface area contributed by atoms with Crippen LogP contribution in [0.4, 0.5) is 0 Å². The average Bonchev–Trinajstić information content (AvgIpc) is 2.72. The van der Waals surface area contributed by atoms with Crippen LogP contribution in [0, 0.1) is 5.92 Å². The first-order valence-electron chi connectivity index (χ1n) is 10.3. The summed E-state index contributed by atoms with van der Waals surface area (Å²) in [4.78, 5) is 2.54. The minimum atomic E-state index is 0.581. The fraction of sp³-hybridized carbons (Fsp3) is 0.500. The standard InChI is InChI=1S/C24H30ClNO2/c1-26-15-18-13-23(27-2)24(28-3)14-20(18)21-12-17(8-11-22(21)26)5-4-16-6-9-19(25)10-7-16/h6-7,9-10,13-14,17,21-22H,4-5,8,11-12,15H2,1-3H3. The first-order valence-corrected chi connectivity index (χ1v) is 10.7. The third-order valence-corrected chi connectivity index (χ3v) is 6.96. The highest BCUT2D eigenvalue weighted by Crippen LogP contribution is 2.47. The van der Waals surface area contributed by atoms with Crippen LogP contribution in [0.15, 0.2) is 36.4 Å². The number of rotatable bonds is 5. The van der Waals surface area contributed by atoms with Crippen LogP contribution in [-0.4, -0.2) is 32.2 Å². The van der Waals surface area contributed by atoms with E-state index in [1.807, 2.05) is 12.1 Å². The van der Waals surface area contributed by atoms with Crippen LogP contribution in [-0.2, 0) is 13.0 Å². The third kappa shape index (κ3) is 3.88. The summed E-state index contributed by atoms with van der Waals surface area (Å²) in [6.45, 7) is 0.992. The van der Waals surface area contributed by atoms with Gasteiger partial charge in [0.05, 0.1) is 14.2 Å². The summed E-state index contributed by atoms with van der Waals surface area (Å²) < 4.78 is 11.1. The number of methoxy groups -OCH3 is 2. The zero-order valence-electron chi connectivity index (χ0n) is 17.1. The summed E-state index contributed by atoms with van der Waals surface area (Å²) in [5.41, 5.74) is 4.25. The van der Waals surface area contributed by atoms with Crippen LogP contribution in [0.1, 0.15) is 48.3 Å². The van der Waals surface area contributed by atoms with Crippen molar-refractivity contribution in [3.8, 4) is 11.5 Å². The van der Waals surface area contributed by atoms with Crippen molar-refractivity contribution in [2.24, 2.45) is 5.92 Å². The van der Waals surface area contributed by atoms with Gasteiger partial charge >= 0.3 is 0 Å². The zero-order valence-corrected chi connectivity index (χ0v) is 17.8. The Hall–Kier alpha value is -1.71. The maximum atomic E-state index is 6.02. The maximum absolute atomic E-state index is 6.02. The van der Waals surface area contributed by atoms with Crippen LogP contribution >= 0.6 is 11.6 Å². The Bertz CT molecular complexity index is 820. The lowest BCUT2D eigenvalue weighted by atomic mass is 9.70. The molecular weight excluding hydrogens is 370 g/mol. The molecule has 3 atom stereocenters. The molecule has 2 aromatic rings. The molecule has 0 saturated heterocycles. The lowest BCUT2D eigenvalue weighted by molar-refractivity contribution is 0.116. The molecule has 1 saturated carbocycles. The predicted octanol–water partition coefficient (Wildman–Crippen LogP) is 5.69. The van der Waals surface area contributed by atoms with Gasteiger partial charge in [-0.05, 0) is 86.0 Å². The van der Waals surface area contributed by atoms with E-state index in [4.69, 9.17) is 21.1 Å². The number of likely N-dealkylation sites (N-methyl/N-ethyl adjacent to an activating group) is 1. The van der Waals surface area contributed by atoms with Crippen molar-refractivity contribution in [1.29, 1.82) is 0 Å². The number of halogens is 1. The summed E-state index contributed by atoms with van der Waals surface area (Å²) in [5, 5.41) is 0.815. The molecule has 0 radical (unpaired) electrons. The van der Waals surface area contributed by atoms with E-state index in [1.54, 1.807) is 14.2 Å². The van der Waals surface area contributed by atoms with Gasteiger partial charge in [-0.25, -0.2) is 0 Å². The molecule has 3 unspecified atom stereocenters. The number of hydrogen-bond acceptors (Lipinski definition) is 3. The molecule has 2 aliphatic rings. The Morgan fingerprint density at radius 3 is 2.46 bits per heavy atom. The van der Waals surface area contributed by atoms with Crippen molar-refractivity contribution in [2.75, 3.05) is 21.3 Å². The monoisotopic (exact) mass is 399 g/mol. The molecule has 3 nitrogen and oxygen atoms in total. The minimum Gasteiger partial charge on any atom is -0.493 e. The summed E-state index contributed by atoms with van der Waals surface area (Å²) in [7, 11) is 5.71. The summed E-state index contributed by atoms with van der Waals surface area (Å²) in [6.07, 6.45) is 6.23. The van der Waals surface area contributed by atoms with Crippen LogP contribution in [0.25, 0.3) is 0 Å². The topological polar surface area (TPSA) is 21.7 Å². The fourth-order valence-corrected chi connectivity index (χ4v) is 5.32. The van der Waals surface area contributed by atoms with E-state index in [9.17, 15) is 0 Å².